The molecule has 0 aliphatic heterocycles. The number of aromatic nitrogens is 4. The largest absolute Gasteiger partial charge is 0.309 e. The van der Waals surface area contributed by atoms with Gasteiger partial charge in [-0.1, -0.05) is 176 Å². The van der Waals surface area contributed by atoms with Crippen molar-refractivity contribution in [3.05, 3.63) is 231 Å². The summed E-state index contributed by atoms with van der Waals surface area (Å²) in [5, 5.41) is 7.43. The molecule has 308 valence electrons. The van der Waals surface area contributed by atoms with Gasteiger partial charge in [-0.15, -0.1) is 11.3 Å². The predicted octanol–water partition coefficient (Wildman–Crippen LogP) is 16.5. The van der Waals surface area contributed by atoms with Crippen LogP contribution in [0.3, 0.4) is 0 Å². The number of hydrogen-bond acceptors (Lipinski definition) is 4. The van der Waals surface area contributed by atoms with Crippen molar-refractivity contribution in [2.75, 3.05) is 0 Å². The van der Waals surface area contributed by atoms with Crippen LogP contribution in [0, 0.1) is 0 Å². The lowest BCUT2D eigenvalue weighted by Crippen LogP contribution is -2.00. The van der Waals surface area contributed by atoms with Gasteiger partial charge in [0.1, 0.15) is 0 Å². The van der Waals surface area contributed by atoms with E-state index in [-0.39, 0.29) is 0 Å². The molecule has 13 rings (SSSR count). The van der Waals surface area contributed by atoms with Gasteiger partial charge in [-0.2, -0.15) is 0 Å². The summed E-state index contributed by atoms with van der Waals surface area (Å²) in [6, 6.07) is 82.3. The Hall–Kier alpha value is -8.51. The van der Waals surface area contributed by atoms with Crippen molar-refractivity contribution in [1.82, 2.24) is 19.5 Å². The molecule has 0 atom stereocenters. The van der Waals surface area contributed by atoms with Crippen LogP contribution in [0.4, 0.5) is 0 Å². The number of rotatable bonds is 7. The van der Waals surface area contributed by atoms with Gasteiger partial charge < -0.3 is 4.57 Å². The Kier molecular flexibility index (Phi) is 9.00. The van der Waals surface area contributed by atoms with Crippen LogP contribution in [-0.2, 0) is 0 Å². The fourth-order valence-electron chi connectivity index (χ4n) is 9.69. The van der Waals surface area contributed by atoms with Crippen molar-refractivity contribution < 1.29 is 0 Å². The van der Waals surface area contributed by atoms with Gasteiger partial charge in [0.25, 0.3) is 0 Å². The molecule has 0 saturated heterocycles. The first-order valence-corrected chi connectivity index (χ1v) is 23.1. The highest BCUT2D eigenvalue weighted by molar-refractivity contribution is 7.26. The van der Waals surface area contributed by atoms with Crippen molar-refractivity contribution >= 4 is 64.1 Å². The molecule has 3 heterocycles. The molecule has 4 nitrogen and oxygen atoms in total. The van der Waals surface area contributed by atoms with Crippen molar-refractivity contribution in [3.63, 3.8) is 0 Å². The van der Waals surface area contributed by atoms with E-state index in [2.05, 4.69) is 217 Å². The molecule has 0 aliphatic carbocycles. The van der Waals surface area contributed by atoms with E-state index in [9.17, 15) is 0 Å². The molecular formula is C61H38N4S. The molecule has 3 aromatic heterocycles. The first-order chi connectivity index (χ1) is 32.7. The Morgan fingerprint density at radius 1 is 0.288 bits per heavy atom. The summed E-state index contributed by atoms with van der Waals surface area (Å²) in [7, 11) is 0. The van der Waals surface area contributed by atoms with E-state index in [0.717, 1.165) is 44.6 Å². The third-order valence-electron chi connectivity index (χ3n) is 12.8. The molecule has 0 spiro atoms. The zero-order chi connectivity index (χ0) is 43.6. The Balaban J connectivity index is 0.995. The van der Waals surface area contributed by atoms with E-state index in [4.69, 9.17) is 15.0 Å². The van der Waals surface area contributed by atoms with Gasteiger partial charge in [-0.05, 0) is 98.8 Å². The number of hydrogen-bond donors (Lipinski definition) is 0. The minimum Gasteiger partial charge on any atom is -0.309 e. The summed E-state index contributed by atoms with van der Waals surface area (Å²) >= 11 is 1.81. The van der Waals surface area contributed by atoms with Gasteiger partial charge in [0, 0.05) is 47.6 Å². The average Bonchev–Trinajstić information content (AvgIpc) is 3.95. The van der Waals surface area contributed by atoms with Crippen LogP contribution < -0.4 is 0 Å². The maximum atomic E-state index is 5.29. The molecule has 0 amide bonds. The van der Waals surface area contributed by atoms with E-state index in [1.54, 1.807) is 0 Å². The average molecular weight is 859 g/mol. The highest BCUT2D eigenvalue weighted by atomic mass is 32.1. The quantitative estimate of drug-likeness (QED) is 0.160. The van der Waals surface area contributed by atoms with Gasteiger partial charge >= 0.3 is 0 Å². The second kappa shape index (κ2) is 15.6. The molecule has 0 N–H and O–H groups in total. The number of benzene rings is 10. The van der Waals surface area contributed by atoms with E-state index in [1.165, 1.54) is 63.9 Å². The minimum atomic E-state index is 0.627. The van der Waals surface area contributed by atoms with E-state index in [0.29, 0.717) is 17.5 Å². The standard InChI is InChI=1S/C61H38N4S/c1-5-16-39(17-6-1)44-30-32-52-51(37-44)57-49-25-14-13-22-42(49)29-33-54(57)65(52)53-26-15-27-55-58(53)50-31-28-45(38-56(50)66-55)60-62-59(43-23-11-4-12-24-43)63-61(64-60)48-35-46(40-18-7-2-8-19-40)34-47(36-48)41-20-9-3-10-21-41/h1-38H. The van der Waals surface area contributed by atoms with Crippen LogP contribution >= 0.6 is 11.3 Å². The lowest BCUT2D eigenvalue weighted by atomic mass is 9.96. The fourth-order valence-corrected chi connectivity index (χ4v) is 10.9. The summed E-state index contributed by atoms with van der Waals surface area (Å²) in [5.74, 6) is 1.89. The van der Waals surface area contributed by atoms with Crippen LogP contribution in [0.15, 0.2) is 231 Å². The monoisotopic (exact) mass is 858 g/mol. The lowest BCUT2D eigenvalue weighted by molar-refractivity contribution is 1.07. The molecule has 0 saturated carbocycles. The molecule has 10 aromatic carbocycles. The maximum absolute atomic E-state index is 5.29. The number of fused-ring (bicyclic) bond motifs is 8. The Morgan fingerprint density at radius 3 is 1.52 bits per heavy atom. The molecule has 0 aliphatic rings. The lowest BCUT2D eigenvalue weighted by Gasteiger charge is -2.13. The molecular weight excluding hydrogens is 821 g/mol. The smallest absolute Gasteiger partial charge is 0.164 e. The highest BCUT2D eigenvalue weighted by Crippen LogP contribution is 2.44. The molecule has 13 aromatic rings. The van der Waals surface area contributed by atoms with Crippen LogP contribution in [0.1, 0.15) is 0 Å². The second-order valence-corrected chi connectivity index (χ2v) is 17.9. The summed E-state index contributed by atoms with van der Waals surface area (Å²) in [6.45, 7) is 0. The van der Waals surface area contributed by atoms with Crippen LogP contribution in [0.5, 0.6) is 0 Å². The van der Waals surface area contributed by atoms with Crippen LogP contribution in [0.25, 0.3) is 126 Å². The van der Waals surface area contributed by atoms with Crippen molar-refractivity contribution in [3.8, 4) is 73.2 Å². The first kappa shape index (κ1) is 38.0. The molecule has 0 bridgehead atoms. The first-order valence-electron chi connectivity index (χ1n) is 22.3. The fraction of sp³-hybridized carbons (Fsp3) is 0. The Bertz CT molecular complexity index is 3910. The topological polar surface area (TPSA) is 43.6 Å². The summed E-state index contributed by atoms with van der Waals surface area (Å²) in [4.78, 5) is 15.6. The normalized spacial score (nSPS) is 11.6. The number of nitrogens with zero attached hydrogens (tertiary/aromatic N) is 4. The van der Waals surface area contributed by atoms with Gasteiger partial charge in [0.05, 0.1) is 16.7 Å². The Morgan fingerprint density at radius 2 is 0.833 bits per heavy atom. The van der Waals surface area contributed by atoms with Gasteiger partial charge in [0.2, 0.25) is 0 Å². The Labute approximate surface area is 385 Å². The zero-order valence-electron chi connectivity index (χ0n) is 35.6. The minimum absolute atomic E-state index is 0.627. The van der Waals surface area contributed by atoms with Gasteiger partial charge in [-0.3, -0.25) is 0 Å². The number of thiophene rings is 1. The molecule has 5 heteroatoms. The SMILES string of the molecule is c1ccc(-c2cc(-c3ccccc3)cc(-c3nc(-c4ccccc4)nc(-c4ccc5c(c4)sc4cccc(-n6c7ccc(-c8ccccc8)cc7c7c8ccccc8ccc76)c45)n3)c2)cc1. The second-order valence-electron chi connectivity index (χ2n) is 16.8. The molecule has 0 fully saturated rings. The predicted molar refractivity (Wildman–Crippen MR) is 277 cm³/mol. The summed E-state index contributed by atoms with van der Waals surface area (Å²) < 4.78 is 4.88. The maximum Gasteiger partial charge on any atom is 0.164 e. The third-order valence-corrected chi connectivity index (χ3v) is 13.9. The van der Waals surface area contributed by atoms with Crippen LogP contribution in [0.2, 0.25) is 0 Å². The highest BCUT2D eigenvalue weighted by Gasteiger charge is 2.21. The van der Waals surface area contributed by atoms with Gasteiger partial charge in [-0.25, -0.2) is 15.0 Å². The summed E-state index contributed by atoms with van der Waals surface area (Å²) in [5.41, 5.74) is 13.2. The van der Waals surface area contributed by atoms with Crippen molar-refractivity contribution in [2.45, 2.75) is 0 Å². The summed E-state index contributed by atoms with van der Waals surface area (Å²) in [6.07, 6.45) is 0. The van der Waals surface area contributed by atoms with Gasteiger partial charge in [0.15, 0.2) is 17.5 Å². The molecule has 66 heavy (non-hydrogen) atoms. The van der Waals surface area contributed by atoms with Crippen molar-refractivity contribution in [2.24, 2.45) is 0 Å². The van der Waals surface area contributed by atoms with E-state index in [1.807, 2.05) is 29.5 Å². The van der Waals surface area contributed by atoms with E-state index >= 15 is 0 Å². The third kappa shape index (κ3) is 6.48. The molecule has 0 radical (unpaired) electrons. The molecule has 0 unspecified atom stereocenters. The van der Waals surface area contributed by atoms with Crippen molar-refractivity contribution in [1.29, 1.82) is 0 Å². The zero-order valence-corrected chi connectivity index (χ0v) is 36.5. The van der Waals surface area contributed by atoms with Crippen LogP contribution in [-0.4, -0.2) is 19.5 Å². The van der Waals surface area contributed by atoms with E-state index < -0.39 is 0 Å².